The Kier molecular flexibility index (Phi) is 7.25. The molecule has 7 heteroatoms. The number of carbonyl (C=O) groups is 2. The van der Waals surface area contributed by atoms with E-state index in [2.05, 4.69) is 0 Å². The third-order valence-electron chi connectivity index (χ3n) is 5.11. The molecule has 3 rings (SSSR count). The van der Waals surface area contributed by atoms with Crippen molar-refractivity contribution in [3.05, 3.63) is 52.0 Å². The van der Waals surface area contributed by atoms with Crippen molar-refractivity contribution in [3.63, 3.8) is 0 Å². The first kappa shape index (κ1) is 21.3. The van der Waals surface area contributed by atoms with Gasteiger partial charge in [0.2, 0.25) is 11.8 Å². The Morgan fingerprint density at radius 3 is 2.69 bits per heavy atom. The third-order valence-corrected chi connectivity index (χ3v) is 6.11. The van der Waals surface area contributed by atoms with Crippen molar-refractivity contribution in [1.29, 1.82) is 0 Å². The van der Waals surface area contributed by atoms with Gasteiger partial charge in [-0.25, -0.2) is 4.39 Å². The molecule has 1 aromatic carbocycles. The summed E-state index contributed by atoms with van der Waals surface area (Å²) in [5.74, 6) is 0.177. The highest BCUT2D eigenvalue weighted by molar-refractivity contribution is 7.10. The Labute approximate surface area is 175 Å². The molecule has 1 aliphatic rings. The topological polar surface area (TPSA) is 49.9 Å². The van der Waals surface area contributed by atoms with Gasteiger partial charge in [0.05, 0.1) is 12.6 Å². The summed E-state index contributed by atoms with van der Waals surface area (Å²) in [6.07, 6.45) is 2.01. The van der Waals surface area contributed by atoms with Gasteiger partial charge >= 0.3 is 0 Å². The van der Waals surface area contributed by atoms with Crippen molar-refractivity contribution in [2.45, 2.75) is 39.2 Å². The summed E-state index contributed by atoms with van der Waals surface area (Å²) in [6.45, 7) is 5.37. The first-order chi connectivity index (χ1) is 14.0. The summed E-state index contributed by atoms with van der Waals surface area (Å²) in [7, 11) is 0. The number of thiophene rings is 1. The standard InChI is InChI=1S/C22H27FN2O3S/c1-3-11-24(21(26)4-2)14-22(27)25-12-9-20-18(10-13-29-20)19(25)15-28-17-7-5-16(23)6-8-17/h5-8,10,13,19H,3-4,9,11-12,14-15H2,1-2H3/t19-/m1/s1. The molecule has 0 saturated carbocycles. The molecule has 0 saturated heterocycles. The molecule has 2 aromatic rings. The van der Waals surface area contributed by atoms with Crippen molar-refractivity contribution < 1.29 is 18.7 Å². The van der Waals surface area contributed by atoms with Gasteiger partial charge in [-0.05, 0) is 54.1 Å². The monoisotopic (exact) mass is 418 g/mol. The van der Waals surface area contributed by atoms with E-state index in [-0.39, 0.29) is 36.8 Å². The van der Waals surface area contributed by atoms with Crippen molar-refractivity contribution in [2.75, 3.05) is 26.2 Å². The number of ether oxygens (including phenoxy) is 1. The summed E-state index contributed by atoms with van der Waals surface area (Å²) < 4.78 is 19.0. The zero-order valence-corrected chi connectivity index (χ0v) is 17.7. The lowest BCUT2D eigenvalue weighted by Gasteiger charge is -2.37. The number of hydrogen-bond acceptors (Lipinski definition) is 4. The number of amides is 2. The van der Waals surface area contributed by atoms with Gasteiger partial charge in [-0.1, -0.05) is 13.8 Å². The molecule has 0 N–H and O–H groups in total. The molecule has 0 aliphatic carbocycles. The highest BCUT2D eigenvalue weighted by atomic mass is 32.1. The first-order valence-electron chi connectivity index (χ1n) is 10.0. The van der Waals surface area contributed by atoms with Crippen LogP contribution in [-0.2, 0) is 16.0 Å². The number of benzene rings is 1. The van der Waals surface area contributed by atoms with Gasteiger partial charge in [0.1, 0.15) is 18.2 Å². The maximum absolute atomic E-state index is 13.1. The second-order valence-corrected chi connectivity index (χ2v) is 8.09. The van der Waals surface area contributed by atoms with E-state index in [4.69, 9.17) is 4.74 Å². The number of halogens is 1. The fourth-order valence-electron chi connectivity index (χ4n) is 3.62. The van der Waals surface area contributed by atoms with Crippen LogP contribution in [0.1, 0.15) is 43.2 Å². The smallest absolute Gasteiger partial charge is 0.242 e. The second kappa shape index (κ2) is 9.87. The molecule has 29 heavy (non-hydrogen) atoms. The predicted octanol–water partition coefficient (Wildman–Crippen LogP) is 4.04. The molecule has 1 aromatic heterocycles. The van der Waals surface area contributed by atoms with Crippen LogP contribution in [0.15, 0.2) is 35.7 Å². The number of fused-ring (bicyclic) bond motifs is 1. The molecule has 2 heterocycles. The maximum Gasteiger partial charge on any atom is 0.242 e. The van der Waals surface area contributed by atoms with Crippen LogP contribution in [0.3, 0.4) is 0 Å². The molecule has 156 valence electrons. The van der Waals surface area contributed by atoms with Crippen molar-refractivity contribution >= 4 is 23.2 Å². The lowest BCUT2D eigenvalue weighted by molar-refractivity contribution is -0.142. The summed E-state index contributed by atoms with van der Waals surface area (Å²) in [5, 5.41) is 2.04. The average molecular weight is 419 g/mol. The van der Waals surface area contributed by atoms with Crippen molar-refractivity contribution in [3.8, 4) is 5.75 Å². The Bertz CT molecular complexity index is 837. The van der Waals surface area contributed by atoms with E-state index in [1.54, 1.807) is 28.4 Å². The van der Waals surface area contributed by atoms with Gasteiger partial charge in [-0.15, -0.1) is 11.3 Å². The van der Waals surface area contributed by atoms with Gasteiger partial charge < -0.3 is 14.5 Å². The summed E-state index contributed by atoms with van der Waals surface area (Å²) in [4.78, 5) is 30.1. The lowest BCUT2D eigenvalue weighted by atomic mass is 10.0. The van der Waals surface area contributed by atoms with Gasteiger partial charge in [0.25, 0.3) is 0 Å². The lowest BCUT2D eigenvalue weighted by Crippen LogP contribution is -2.47. The normalized spacial score (nSPS) is 15.7. The molecule has 1 aliphatic heterocycles. The molecule has 1 atom stereocenters. The van der Waals surface area contributed by atoms with E-state index in [9.17, 15) is 14.0 Å². The van der Waals surface area contributed by atoms with E-state index < -0.39 is 0 Å². The van der Waals surface area contributed by atoms with E-state index in [0.29, 0.717) is 25.3 Å². The minimum atomic E-state index is -0.316. The van der Waals surface area contributed by atoms with E-state index in [1.165, 1.54) is 17.0 Å². The average Bonchev–Trinajstić information content (AvgIpc) is 3.21. The molecule has 0 fully saturated rings. The Balaban J connectivity index is 1.75. The molecule has 5 nitrogen and oxygen atoms in total. The molecule has 0 unspecified atom stereocenters. The number of nitrogens with zero attached hydrogens (tertiary/aromatic N) is 2. The maximum atomic E-state index is 13.1. The Hall–Kier alpha value is -2.41. The predicted molar refractivity (Wildman–Crippen MR) is 112 cm³/mol. The fourth-order valence-corrected chi connectivity index (χ4v) is 4.55. The van der Waals surface area contributed by atoms with Crippen LogP contribution in [0.2, 0.25) is 0 Å². The Morgan fingerprint density at radius 2 is 2.00 bits per heavy atom. The molecule has 0 radical (unpaired) electrons. The van der Waals surface area contributed by atoms with Crippen LogP contribution in [0, 0.1) is 5.82 Å². The largest absolute Gasteiger partial charge is 0.491 e. The first-order valence-corrected chi connectivity index (χ1v) is 10.9. The quantitative estimate of drug-likeness (QED) is 0.650. The zero-order valence-electron chi connectivity index (χ0n) is 16.9. The summed E-state index contributed by atoms with van der Waals surface area (Å²) in [5.41, 5.74) is 1.10. The number of rotatable bonds is 8. The van der Waals surface area contributed by atoms with Gasteiger partial charge in [-0.2, -0.15) is 0 Å². The second-order valence-electron chi connectivity index (χ2n) is 7.09. The Morgan fingerprint density at radius 1 is 1.24 bits per heavy atom. The minimum absolute atomic E-state index is 0.00690. The highest BCUT2D eigenvalue weighted by Crippen LogP contribution is 2.34. The van der Waals surface area contributed by atoms with Crippen LogP contribution < -0.4 is 4.74 Å². The van der Waals surface area contributed by atoms with Crippen molar-refractivity contribution in [1.82, 2.24) is 9.80 Å². The summed E-state index contributed by atoms with van der Waals surface area (Å²) >= 11 is 1.69. The third kappa shape index (κ3) is 5.15. The number of hydrogen-bond donors (Lipinski definition) is 0. The van der Waals surface area contributed by atoms with Crippen LogP contribution >= 0.6 is 11.3 Å². The van der Waals surface area contributed by atoms with Gasteiger partial charge in [0.15, 0.2) is 0 Å². The molecule has 0 spiro atoms. The zero-order chi connectivity index (χ0) is 20.8. The van der Waals surface area contributed by atoms with Gasteiger partial charge in [-0.3, -0.25) is 9.59 Å². The molecule has 2 amide bonds. The fraction of sp³-hybridized carbons (Fsp3) is 0.455. The molecule has 0 bridgehead atoms. The number of carbonyl (C=O) groups excluding carboxylic acids is 2. The molecular weight excluding hydrogens is 391 g/mol. The van der Waals surface area contributed by atoms with E-state index >= 15 is 0 Å². The van der Waals surface area contributed by atoms with Gasteiger partial charge in [0, 0.05) is 24.4 Å². The van der Waals surface area contributed by atoms with E-state index in [1.807, 2.05) is 30.2 Å². The highest BCUT2D eigenvalue weighted by Gasteiger charge is 2.33. The SMILES string of the molecule is CCCN(CC(=O)N1CCc2sccc2[C@H]1COc1ccc(F)cc1)C(=O)CC. The minimum Gasteiger partial charge on any atom is -0.491 e. The van der Waals surface area contributed by atoms with Crippen LogP contribution in [0.5, 0.6) is 5.75 Å². The van der Waals surface area contributed by atoms with Crippen LogP contribution in [-0.4, -0.2) is 47.9 Å². The van der Waals surface area contributed by atoms with Crippen molar-refractivity contribution in [2.24, 2.45) is 0 Å². The summed E-state index contributed by atoms with van der Waals surface area (Å²) in [6, 6.07) is 7.70. The van der Waals surface area contributed by atoms with E-state index in [0.717, 1.165) is 18.4 Å². The molecular formula is C22H27FN2O3S. The van der Waals surface area contributed by atoms with Crippen LogP contribution in [0.4, 0.5) is 4.39 Å². The van der Waals surface area contributed by atoms with Crippen LogP contribution in [0.25, 0.3) is 0 Å².